The Hall–Kier alpha value is -0.580. The fourth-order valence-corrected chi connectivity index (χ4v) is 7.97. The van der Waals surface area contributed by atoms with Crippen LogP contribution in [0.4, 0.5) is 13.2 Å². The molecule has 190 valence electrons. The number of hydrogen-bond donors (Lipinski definition) is 0. The van der Waals surface area contributed by atoms with Crippen molar-refractivity contribution in [2.24, 2.45) is 17.8 Å². The van der Waals surface area contributed by atoms with Gasteiger partial charge in [0.2, 0.25) is 0 Å². The van der Waals surface area contributed by atoms with E-state index in [1.165, 1.54) is 18.2 Å². The third kappa shape index (κ3) is 3.80. The predicted octanol–water partition coefficient (Wildman–Crippen LogP) is 6.37. The molecule has 1 spiro atoms. The van der Waals surface area contributed by atoms with Crippen LogP contribution >= 0.6 is 31.0 Å². The molecule has 0 amide bonds. The highest BCUT2D eigenvalue weighted by molar-refractivity contribution is 7.48. The molecule has 6 rings (SSSR count). The van der Waals surface area contributed by atoms with E-state index >= 15 is 0 Å². The lowest BCUT2D eigenvalue weighted by Crippen LogP contribution is -2.78. The van der Waals surface area contributed by atoms with Crippen LogP contribution in [0.1, 0.15) is 37.7 Å². The topological polar surface area (TPSA) is 72.5 Å². The SMILES string of the molecule is COP(=O)(OC)Oc1cc(C2(OCC(F)(F)F)OOC23C2CC4CC3CC(Cl)(C4)C2)ccc1Cl. The number of halogens is 5. The Kier molecular flexibility index (Phi) is 6.06. The Morgan fingerprint density at radius 1 is 1.12 bits per heavy atom. The highest BCUT2D eigenvalue weighted by Crippen LogP contribution is 2.71. The number of phosphoric acid groups is 1. The summed E-state index contributed by atoms with van der Waals surface area (Å²) in [5.74, 6) is -1.96. The van der Waals surface area contributed by atoms with E-state index in [-0.39, 0.29) is 28.2 Å². The van der Waals surface area contributed by atoms with E-state index in [9.17, 15) is 17.7 Å². The summed E-state index contributed by atoms with van der Waals surface area (Å²) in [6.07, 6.45) is -1.05. The van der Waals surface area contributed by atoms with E-state index in [2.05, 4.69) is 0 Å². The molecular formula is C21H24Cl2F3O7P. The number of ether oxygens (including phenoxy) is 1. The van der Waals surface area contributed by atoms with Crippen molar-refractivity contribution >= 4 is 31.0 Å². The van der Waals surface area contributed by atoms with Crippen molar-refractivity contribution in [2.45, 2.75) is 54.5 Å². The second-order valence-corrected chi connectivity index (χ2v) is 12.5. The number of phosphoric ester groups is 1. The Morgan fingerprint density at radius 2 is 1.76 bits per heavy atom. The van der Waals surface area contributed by atoms with Crippen molar-refractivity contribution in [3.05, 3.63) is 28.8 Å². The Morgan fingerprint density at radius 3 is 2.26 bits per heavy atom. The van der Waals surface area contributed by atoms with Gasteiger partial charge in [0, 0.05) is 24.7 Å². The van der Waals surface area contributed by atoms with Crippen LogP contribution in [0.15, 0.2) is 18.2 Å². The Labute approximate surface area is 204 Å². The van der Waals surface area contributed by atoms with Gasteiger partial charge in [-0.15, -0.1) is 11.6 Å². The van der Waals surface area contributed by atoms with Crippen LogP contribution < -0.4 is 4.52 Å². The number of benzene rings is 1. The monoisotopic (exact) mass is 546 g/mol. The minimum Gasteiger partial charge on any atom is -0.402 e. The maximum absolute atomic E-state index is 13.3. The summed E-state index contributed by atoms with van der Waals surface area (Å²) >= 11 is 13.1. The van der Waals surface area contributed by atoms with Gasteiger partial charge in [-0.3, -0.25) is 9.05 Å². The zero-order valence-corrected chi connectivity index (χ0v) is 20.8. The molecule has 1 aromatic rings. The third-order valence-corrected chi connectivity index (χ3v) is 9.64. The van der Waals surface area contributed by atoms with Crippen molar-refractivity contribution in [1.82, 2.24) is 0 Å². The fraction of sp³-hybridized carbons (Fsp3) is 0.714. The predicted molar refractivity (Wildman–Crippen MR) is 114 cm³/mol. The molecule has 5 fully saturated rings. The molecule has 34 heavy (non-hydrogen) atoms. The molecule has 1 heterocycles. The van der Waals surface area contributed by atoms with Crippen LogP contribution in [0.2, 0.25) is 5.02 Å². The first-order chi connectivity index (χ1) is 15.9. The van der Waals surface area contributed by atoms with Crippen molar-refractivity contribution in [3.63, 3.8) is 0 Å². The normalized spacial score (nSPS) is 38.9. The lowest BCUT2D eigenvalue weighted by molar-refractivity contribution is -0.650. The summed E-state index contributed by atoms with van der Waals surface area (Å²) < 4.78 is 73.1. The van der Waals surface area contributed by atoms with E-state index in [0.29, 0.717) is 18.8 Å². The van der Waals surface area contributed by atoms with Gasteiger partial charge in [-0.05, 0) is 62.0 Å². The molecule has 5 aliphatic rings. The first kappa shape index (κ1) is 25.1. The van der Waals surface area contributed by atoms with Crippen molar-refractivity contribution in [2.75, 3.05) is 20.8 Å². The van der Waals surface area contributed by atoms with Gasteiger partial charge in [0.15, 0.2) is 11.4 Å². The zero-order chi connectivity index (χ0) is 24.6. The maximum Gasteiger partial charge on any atom is 0.529 e. The smallest absolute Gasteiger partial charge is 0.402 e. The van der Waals surface area contributed by atoms with Gasteiger partial charge >= 0.3 is 14.0 Å². The molecule has 4 bridgehead atoms. The standard InChI is InChI=1S/C21H24Cl2F3O7P/c1-28-34(27,29-2)31-17-7-13(3-4-16(17)22)21(30-11-19(24,25)26)20(32-33-21)14-5-12-6-15(20)10-18(23,8-12)9-14/h3-4,7,12,14-15H,5-6,8-11H2,1-2H3. The van der Waals surface area contributed by atoms with E-state index < -0.39 is 36.9 Å². The second kappa shape index (κ2) is 8.21. The summed E-state index contributed by atoms with van der Waals surface area (Å²) in [5.41, 5.74) is -0.970. The van der Waals surface area contributed by atoms with Crippen LogP contribution in [0.25, 0.3) is 0 Å². The van der Waals surface area contributed by atoms with Gasteiger partial charge in [-0.25, -0.2) is 9.45 Å². The van der Waals surface area contributed by atoms with E-state index in [4.69, 9.17) is 51.3 Å². The second-order valence-electron chi connectivity index (χ2n) is 9.52. The minimum absolute atomic E-state index is 0.0446. The van der Waals surface area contributed by atoms with Gasteiger partial charge in [-0.2, -0.15) is 18.1 Å². The van der Waals surface area contributed by atoms with Crippen molar-refractivity contribution in [1.29, 1.82) is 0 Å². The molecule has 1 aliphatic heterocycles. The van der Waals surface area contributed by atoms with Crippen LogP contribution in [-0.4, -0.2) is 37.5 Å². The van der Waals surface area contributed by atoms with E-state index in [0.717, 1.165) is 33.5 Å². The molecular weight excluding hydrogens is 523 g/mol. The average molecular weight is 547 g/mol. The molecule has 3 unspecified atom stereocenters. The third-order valence-electron chi connectivity index (χ3n) is 7.55. The van der Waals surface area contributed by atoms with Crippen molar-refractivity contribution in [3.8, 4) is 5.75 Å². The van der Waals surface area contributed by atoms with Crippen LogP contribution in [0.5, 0.6) is 5.75 Å². The van der Waals surface area contributed by atoms with Crippen LogP contribution in [0.3, 0.4) is 0 Å². The summed E-state index contributed by atoms with van der Waals surface area (Å²) in [6, 6.07) is 4.21. The lowest BCUT2D eigenvalue weighted by Gasteiger charge is -2.70. The molecule has 3 atom stereocenters. The fourth-order valence-electron chi connectivity index (χ4n) is 6.48. The molecule has 4 saturated carbocycles. The molecule has 0 aromatic heterocycles. The number of alkyl halides is 4. The summed E-state index contributed by atoms with van der Waals surface area (Å²) in [6.45, 7) is -1.56. The highest BCUT2D eigenvalue weighted by Gasteiger charge is 2.78. The summed E-state index contributed by atoms with van der Waals surface area (Å²) in [4.78, 5) is 10.9. The van der Waals surface area contributed by atoms with E-state index in [1.807, 2.05) is 0 Å². The van der Waals surface area contributed by atoms with E-state index in [1.54, 1.807) is 0 Å². The number of rotatable bonds is 7. The molecule has 1 saturated heterocycles. The molecule has 4 aliphatic carbocycles. The first-order valence-electron chi connectivity index (χ1n) is 10.9. The summed E-state index contributed by atoms with van der Waals surface area (Å²) in [5, 5.41) is 0.0446. The van der Waals surface area contributed by atoms with Gasteiger partial charge in [0.1, 0.15) is 6.61 Å². The molecule has 7 nitrogen and oxygen atoms in total. The summed E-state index contributed by atoms with van der Waals surface area (Å²) in [7, 11) is -1.74. The zero-order valence-electron chi connectivity index (χ0n) is 18.4. The molecule has 0 radical (unpaired) electrons. The minimum atomic E-state index is -4.61. The molecule has 0 N–H and O–H groups in total. The average Bonchev–Trinajstić information content (AvgIpc) is 2.73. The first-order valence-corrected chi connectivity index (χ1v) is 13.1. The maximum atomic E-state index is 13.3. The van der Waals surface area contributed by atoms with Crippen LogP contribution in [0, 0.1) is 17.8 Å². The van der Waals surface area contributed by atoms with Gasteiger partial charge in [0.25, 0.3) is 5.79 Å². The highest BCUT2D eigenvalue weighted by atomic mass is 35.5. The molecule has 13 heteroatoms. The Bertz CT molecular complexity index is 1000. The van der Waals surface area contributed by atoms with Crippen LogP contribution in [-0.2, 0) is 33.9 Å². The largest absolute Gasteiger partial charge is 0.529 e. The van der Waals surface area contributed by atoms with Gasteiger partial charge < -0.3 is 9.26 Å². The Balaban J connectivity index is 1.58. The van der Waals surface area contributed by atoms with Gasteiger partial charge in [-0.1, -0.05) is 17.7 Å². The van der Waals surface area contributed by atoms with Crippen molar-refractivity contribution < 1.29 is 45.8 Å². The number of hydrogen-bond acceptors (Lipinski definition) is 7. The molecule has 1 aromatic carbocycles. The lowest BCUT2D eigenvalue weighted by atomic mass is 9.46. The quantitative estimate of drug-likeness (QED) is 0.223. The van der Waals surface area contributed by atoms with Gasteiger partial charge in [0.05, 0.1) is 5.02 Å².